The molecular formula is C45H67N15O17. The van der Waals surface area contributed by atoms with Crippen LogP contribution >= 0.6 is 0 Å². The molecular weight excluding hydrogens is 1020 g/mol. The SMILES string of the molecule is C[C@@H](O)[C@H](NC(=O)CN)C(=O)N[C@@H](Cc1c[nH]c2ccccc12)C(=O)N[C@@H](CC(N)=O)C(=O)N1CCC[C@H]1C(=O)NCC(=O)N[C@@H](CO)C(=O)N[C@@H](CO)C(=O)N[C@@H](CCC(=O)O)C(=O)N[C@@H](CCCN=C(N)N)C(=O)O. The highest BCUT2D eigenvalue weighted by atomic mass is 16.4. The number of carboxylic acids is 2. The number of nitrogens with zero attached hydrogens (tertiary/aromatic N) is 2. The highest BCUT2D eigenvalue weighted by molar-refractivity contribution is 5.99. The van der Waals surface area contributed by atoms with E-state index < -0.39 is 171 Å². The molecule has 9 atom stereocenters. The van der Waals surface area contributed by atoms with E-state index in [-0.39, 0.29) is 51.2 Å². The fourth-order valence-corrected chi connectivity index (χ4v) is 7.84. The standard InChI is InChI=1S/C45H67N15O17/c1-21(63)36(59-33(65)16-46)42(74)56-27(14-22-17-51-24-7-3-2-6-23(22)24)38(70)57-28(15-32(47)64)43(75)60-13-5-9-31(60)41(73)52-18-34(66)53-29(19-61)39(71)58-30(20-62)40(72)54-25(10-11-35(67)68)37(69)55-26(44(76)77)8-4-12-50-45(48)49/h2-3,6-7,17,21,25-31,36,51,61-63H,4-5,8-16,18-20,46H2,1H3,(H2,47,64)(H,52,73)(H,53,66)(H,54,72)(H,55,69)(H,56,74)(H,57,70)(H,58,71)(H,59,65)(H,67,68)(H,76,77)(H4,48,49,50)/t21-,25+,26+,27+,28+,29+,30+,31+,36+/m1/s1. The minimum absolute atomic E-state index is 0.00830. The highest BCUT2D eigenvalue weighted by Crippen LogP contribution is 2.21. The third-order valence-electron chi connectivity index (χ3n) is 11.8. The number of aliphatic hydroxyl groups is 3. The zero-order valence-corrected chi connectivity index (χ0v) is 41.8. The van der Waals surface area contributed by atoms with Gasteiger partial charge in [-0.3, -0.25) is 57.7 Å². The number of aromatic amines is 1. The van der Waals surface area contributed by atoms with Gasteiger partial charge in [-0.05, 0) is 50.7 Å². The summed E-state index contributed by atoms with van der Waals surface area (Å²) < 4.78 is 0. The van der Waals surface area contributed by atoms with Crippen LogP contribution in [0.1, 0.15) is 57.4 Å². The number of hydrogen-bond donors (Lipinski definition) is 18. The quantitative estimate of drug-likeness (QED) is 0.0184. The summed E-state index contributed by atoms with van der Waals surface area (Å²) in [5.41, 5.74) is 22.6. The van der Waals surface area contributed by atoms with Crippen molar-refractivity contribution in [2.45, 2.75) is 113 Å². The molecule has 0 aliphatic carbocycles. The van der Waals surface area contributed by atoms with Crippen LogP contribution < -0.4 is 65.5 Å². The molecule has 1 aromatic heterocycles. The number of nitrogens with two attached hydrogens (primary N) is 4. The Balaban J connectivity index is 1.70. The fraction of sp³-hybridized carbons (Fsp3) is 0.533. The predicted molar refractivity (Wildman–Crippen MR) is 266 cm³/mol. The van der Waals surface area contributed by atoms with E-state index in [0.717, 1.165) is 4.90 Å². The van der Waals surface area contributed by atoms with Crippen LogP contribution in [0.25, 0.3) is 10.9 Å². The van der Waals surface area contributed by atoms with Crippen LogP contribution in [-0.2, 0) is 64.0 Å². The second-order valence-electron chi connectivity index (χ2n) is 17.6. The van der Waals surface area contributed by atoms with Crippen molar-refractivity contribution >= 4 is 87.9 Å². The molecule has 0 radical (unpaired) electrons. The van der Waals surface area contributed by atoms with E-state index >= 15 is 0 Å². The first-order valence-electron chi connectivity index (χ1n) is 24.0. The molecule has 22 N–H and O–H groups in total. The summed E-state index contributed by atoms with van der Waals surface area (Å²) in [7, 11) is 0. The summed E-state index contributed by atoms with van der Waals surface area (Å²) in [6.07, 6.45) is -2.00. The number of rotatable bonds is 32. The first-order chi connectivity index (χ1) is 36.4. The Bertz CT molecular complexity index is 2500. The molecule has 1 aliphatic rings. The number of aliphatic imine (C=N–C) groups is 1. The Kier molecular flexibility index (Phi) is 25.1. The predicted octanol–water partition coefficient (Wildman–Crippen LogP) is -8.59. The number of nitrogens with one attached hydrogen (secondary N) is 9. The van der Waals surface area contributed by atoms with Gasteiger partial charge in [-0.1, -0.05) is 18.2 Å². The van der Waals surface area contributed by atoms with Crippen LogP contribution in [0.3, 0.4) is 0 Å². The minimum atomic E-state index is -1.89. The number of aromatic nitrogens is 1. The van der Waals surface area contributed by atoms with Gasteiger partial charge in [0.15, 0.2) is 5.96 Å². The Morgan fingerprint density at radius 3 is 1.92 bits per heavy atom. The average Bonchev–Trinajstić information content (AvgIpc) is 4.04. The number of H-pyrrole nitrogens is 1. The molecule has 0 bridgehead atoms. The van der Waals surface area contributed by atoms with E-state index in [2.05, 4.69) is 52.5 Å². The van der Waals surface area contributed by atoms with Crippen LogP contribution in [-0.4, -0.2) is 206 Å². The van der Waals surface area contributed by atoms with Crippen LogP contribution in [0.2, 0.25) is 0 Å². The number of carbonyl (C=O) groups excluding carboxylic acids is 10. The van der Waals surface area contributed by atoms with Crippen molar-refractivity contribution < 1.29 is 83.1 Å². The molecule has 0 unspecified atom stereocenters. The van der Waals surface area contributed by atoms with Crippen LogP contribution in [0.4, 0.5) is 0 Å². The first-order valence-corrected chi connectivity index (χ1v) is 24.0. The zero-order chi connectivity index (χ0) is 57.5. The molecule has 10 amide bonds. The van der Waals surface area contributed by atoms with Gasteiger partial charge in [-0.25, -0.2) is 4.79 Å². The first kappa shape index (κ1) is 62.8. The van der Waals surface area contributed by atoms with Gasteiger partial charge in [0.2, 0.25) is 59.1 Å². The lowest BCUT2D eigenvalue weighted by atomic mass is 10.0. The number of guanidine groups is 1. The molecule has 2 heterocycles. The number of likely N-dealkylation sites (tertiary alicyclic amines) is 1. The van der Waals surface area contributed by atoms with E-state index in [1.54, 1.807) is 30.5 Å². The Morgan fingerprint density at radius 2 is 1.32 bits per heavy atom. The Labute approximate surface area is 438 Å². The van der Waals surface area contributed by atoms with E-state index in [1.807, 2.05) is 0 Å². The number of aliphatic hydroxyl groups excluding tert-OH is 3. The van der Waals surface area contributed by atoms with Crippen LogP contribution in [0.15, 0.2) is 35.5 Å². The van der Waals surface area contributed by atoms with Gasteiger partial charge in [-0.15, -0.1) is 0 Å². The van der Waals surface area contributed by atoms with Gasteiger partial charge in [0.05, 0.1) is 38.8 Å². The van der Waals surface area contributed by atoms with Crippen molar-refractivity contribution in [2.75, 3.05) is 39.4 Å². The van der Waals surface area contributed by atoms with E-state index in [4.69, 9.17) is 22.9 Å². The topological polar surface area (TPSA) is 538 Å². The summed E-state index contributed by atoms with van der Waals surface area (Å²) in [5.74, 6) is -13.6. The normalized spacial score (nSPS) is 16.1. The van der Waals surface area contributed by atoms with Gasteiger partial charge in [0, 0.05) is 43.0 Å². The smallest absolute Gasteiger partial charge is 0.326 e. The maximum absolute atomic E-state index is 14.1. The number of hydrogen-bond acceptors (Lipinski definition) is 17. The largest absolute Gasteiger partial charge is 0.481 e. The van der Waals surface area contributed by atoms with Crippen molar-refractivity contribution in [1.29, 1.82) is 0 Å². The minimum Gasteiger partial charge on any atom is -0.481 e. The second-order valence-corrected chi connectivity index (χ2v) is 17.6. The summed E-state index contributed by atoms with van der Waals surface area (Å²) >= 11 is 0. The second kappa shape index (κ2) is 30.8. The number of primary amides is 1. The molecule has 1 aromatic carbocycles. The number of carbonyl (C=O) groups is 12. The van der Waals surface area contributed by atoms with Crippen molar-refractivity contribution in [3.8, 4) is 0 Å². The van der Waals surface area contributed by atoms with Crippen molar-refractivity contribution in [1.82, 2.24) is 52.4 Å². The Morgan fingerprint density at radius 1 is 0.740 bits per heavy atom. The third-order valence-corrected chi connectivity index (χ3v) is 11.8. The van der Waals surface area contributed by atoms with Crippen molar-refractivity contribution in [3.05, 3.63) is 36.0 Å². The third kappa shape index (κ3) is 19.9. The fourth-order valence-electron chi connectivity index (χ4n) is 7.84. The molecule has 1 aliphatic heterocycles. The summed E-state index contributed by atoms with van der Waals surface area (Å²) in [6, 6.07) is -6.09. The van der Waals surface area contributed by atoms with E-state index in [9.17, 15) is 83.1 Å². The lowest BCUT2D eigenvalue weighted by Crippen LogP contribution is -2.61. The van der Waals surface area contributed by atoms with Crippen molar-refractivity contribution in [3.63, 3.8) is 0 Å². The van der Waals surface area contributed by atoms with Gasteiger partial charge in [0.25, 0.3) is 0 Å². The summed E-state index contributed by atoms with van der Waals surface area (Å²) in [4.78, 5) is 163. The molecule has 32 heteroatoms. The molecule has 1 fully saturated rings. The van der Waals surface area contributed by atoms with Crippen LogP contribution in [0, 0.1) is 0 Å². The molecule has 0 saturated carbocycles. The number of carboxylic acid groups (broad SMARTS) is 2. The zero-order valence-electron chi connectivity index (χ0n) is 41.8. The molecule has 0 spiro atoms. The number of amides is 10. The number of fused-ring (bicyclic) bond motifs is 1. The Hall–Kier alpha value is -8.49. The summed E-state index contributed by atoms with van der Waals surface area (Å²) in [5, 5.41) is 67.7. The lowest BCUT2D eigenvalue weighted by molar-refractivity contribution is -0.143. The van der Waals surface area contributed by atoms with Gasteiger partial charge in [0.1, 0.15) is 48.3 Å². The average molecular weight is 1090 g/mol. The lowest BCUT2D eigenvalue weighted by Gasteiger charge is -2.30. The van der Waals surface area contributed by atoms with Gasteiger partial charge < -0.3 is 101 Å². The van der Waals surface area contributed by atoms with E-state index in [1.165, 1.54) is 6.92 Å². The molecule has 424 valence electrons. The molecule has 1 saturated heterocycles. The highest BCUT2D eigenvalue weighted by Gasteiger charge is 2.40. The van der Waals surface area contributed by atoms with Crippen molar-refractivity contribution in [2.24, 2.45) is 27.9 Å². The molecule has 77 heavy (non-hydrogen) atoms. The number of aliphatic carboxylic acids is 2. The number of benzene rings is 1. The molecule has 32 nitrogen and oxygen atoms in total. The maximum Gasteiger partial charge on any atom is 0.326 e. The summed E-state index contributed by atoms with van der Waals surface area (Å²) in [6.45, 7) is -2.51. The maximum atomic E-state index is 14.1. The monoisotopic (exact) mass is 1090 g/mol. The number of para-hydroxylation sites is 1. The van der Waals surface area contributed by atoms with E-state index in [0.29, 0.717) is 16.5 Å². The molecule has 2 aromatic rings. The van der Waals surface area contributed by atoms with Gasteiger partial charge in [-0.2, -0.15) is 0 Å². The molecule has 3 rings (SSSR count). The van der Waals surface area contributed by atoms with Gasteiger partial charge >= 0.3 is 11.9 Å². The van der Waals surface area contributed by atoms with Crippen LogP contribution in [0.5, 0.6) is 0 Å².